The van der Waals surface area contributed by atoms with Gasteiger partial charge in [0.2, 0.25) is 0 Å². The SMILES string of the molecule is CC1CCCN1Cc1nc2cc(NC(=O)c3ccc(C=O)cc3)ccc2[nH]1. The highest BCUT2D eigenvalue weighted by molar-refractivity contribution is 6.05. The number of benzene rings is 2. The molecule has 6 heteroatoms. The Morgan fingerprint density at radius 3 is 2.81 bits per heavy atom. The molecule has 1 aromatic heterocycles. The standard InChI is InChI=1S/C21H22N4O2/c1-14-3-2-10-25(14)12-20-23-18-9-8-17(11-19(18)24-20)22-21(27)16-6-4-15(13-26)5-7-16/h4-9,11,13-14H,2-3,10,12H2,1H3,(H,22,27)(H,23,24). The molecule has 0 saturated carbocycles. The van der Waals surface area contributed by atoms with Crippen molar-refractivity contribution < 1.29 is 9.59 Å². The first-order valence-corrected chi connectivity index (χ1v) is 9.21. The summed E-state index contributed by atoms with van der Waals surface area (Å²) in [4.78, 5) is 33.6. The molecule has 1 atom stereocenters. The van der Waals surface area contributed by atoms with E-state index in [4.69, 9.17) is 0 Å². The molecule has 1 unspecified atom stereocenters. The summed E-state index contributed by atoms with van der Waals surface area (Å²) in [7, 11) is 0. The summed E-state index contributed by atoms with van der Waals surface area (Å²) in [5, 5.41) is 2.89. The molecule has 1 aliphatic rings. The molecule has 2 N–H and O–H groups in total. The minimum absolute atomic E-state index is 0.214. The van der Waals surface area contributed by atoms with E-state index in [9.17, 15) is 9.59 Å². The van der Waals surface area contributed by atoms with Gasteiger partial charge in [0.25, 0.3) is 5.91 Å². The van der Waals surface area contributed by atoms with Gasteiger partial charge in [-0.15, -0.1) is 0 Å². The number of nitrogens with zero attached hydrogens (tertiary/aromatic N) is 2. The molecule has 138 valence electrons. The number of carbonyl (C=O) groups is 2. The van der Waals surface area contributed by atoms with Crippen molar-refractivity contribution in [3.63, 3.8) is 0 Å². The Bertz CT molecular complexity index is 978. The molecule has 1 fully saturated rings. The highest BCUT2D eigenvalue weighted by Gasteiger charge is 2.21. The van der Waals surface area contributed by atoms with Crippen LogP contribution in [0, 0.1) is 0 Å². The first-order chi connectivity index (χ1) is 13.1. The van der Waals surface area contributed by atoms with Crippen LogP contribution in [-0.2, 0) is 6.54 Å². The average Bonchev–Trinajstić information content (AvgIpc) is 3.27. The number of anilines is 1. The number of amides is 1. The van der Waals surface area contributed by atoms with Gasteiger partial charge >= 0.3 is 0 Å². The van der Waals surface area contributed by atoms with Gasteiger partial charge in [-0.1, -0.05) is 12.1 Å². The number of hydrogen-bond acceptors (Lipinski definition) is 4. The molecule has 0 aliphatic carbocycles. The lowest BCUT2D eigenvalue weighted by atomic mass is 10.1. The van der Waals surface area contributed by atoms with Crippen LogP contribution in [0.3, 0.4) is 0 Å². The molecule has 3 aromatic rings. The minimum Gasteiger partial charge on any atom is -0.341 e. The van der Waals surface area contributed by atoms with Gasteiger partial charge in [-0.3, -0.25) is 14.5 Å². The Morgan fingerprint density at radius 1 is 1.30 bits per heavy atom. The van der Waals surface area contributed by atoms with Crippen LogP contribution in [0.15, 0.2) is 42.5 Å². The van der Waals surface area contributed by atoms with Crippen LogP contribution >= 0.6 is 0 Å². The zero-order valence-corrected chi connectivity index (χ0v) is 15.2. The van der Waals surface area contributed by atoms with Crippen LogP contribution in [0.1, 0.15) is 46.3 Å². The quantitative estimate of drug-likeness (QED) is 0.680. The number of fused-ring (bicyclic) bond motifs is 1. The van der Waals surface area contributed by atoms with Crippen molar-refractivity contribution in [1.82, 2.24) is 14.9 Å². The molecule has 0 bridgehead atoms. The molecule has 4 rings (SSSR count). The van der Waals surface area contributed by atoms with Crippen molar-refractivity contribution in [2.45, 2.75) is 32.4 Å². The van der Waals surface area contributed by atoms with Gasteiger partial charge in [-0.05, 0) is 56.6 Å². The molecule has 1 aliphatic heterocycles. The normalized spacial score (nSPS) is 17.3. The second-order valence-corrected chi connectivity index (χ2v) is 7.07. The summed E-state index contributed by atoms with van der Waals surface area (Å²) in [6.07, 6.45) is 3.24. The van der Waals surface area contributed by atoms with Gasteiger partial charge in [-0.25, -0.2) is 4.98 Å². The predicted octanol–water partition coefficient (Wildman–Crippen LogP) is 3.61. The second kappa shape index (κ2) is 7.32. The number of aromatic nitrogens is 2. The van der Waals surface area contributed by atoms with E-state index < -0.39 is 0 Å². The maximum Gasteiger partial charge on any atom is 0.255 e. The maximum atomic E-state index is 12.4. The Morgan fingerprint density at radius 2 is 2.11 bits per heavy atom. The largest absolute Gasteiger partial charge is 0.341 e. The van der Waals surface area contributed by atoms with E-state index in [0.29, 0.717) is 22.9 Å². The predicted molar refractivity (Wildman–Crippen MR) is 105 cm³/mol. The number of rotatable bonds is 5. The third-order valence-electron chi connectivity index (χ3n) is 5.14. The van der Waals surface area contributed by atoms with Crippen LogP contribution in [0.2, 0.25) is 0 Å². The molecule has 2 heterocycles. The van der Waals surface area contributed by atoms with Crippen LogP contribution in [-0.4, -0.2) is 39.6 Å². The van der Waals surface area contributed by atoms with Crippen molar-refractivity contribution >= 4 is 28.9 Å². The fourth-order valence-corrected chi connectivity index (χ4v) is 3.55. The monoisotopic (exact) mass is 362 g/mol. The zero-order chi connectivity index (χ0) is 18.8. The zero-order valence-electron chi connectivity index (χ0n) is 15.2. The molecule has 2 aromatic carbocycles. The Labute approximate surface area is 157 Å². The van der Waals surface area contributed by atoms with Crippen LogP contribution in [0.5, 0.6) is 0 Å². The summed E-state index contributed by atoms with van der Waals surface area (Å²) in [5.74, 6) is 0.736. The van der Waals surface area contributed by atoms with Gasteiger partial charge in [0, 0.05) is 22.9 Å². The van der Waals surface area contributed by atoms with Crippen LogP contribution in [0.25, 0.3) is 11.0 Å². The summed E-state index contributed by atoms with van der Waals surface area (Å²) >= 11 is 0. The molecule has 1 amide bonds. The van der Waals surface area contributed by atoms with E-state index in [1.807, 2.05) is 18.2 Å². The molecule has 0 spiro atoms. The molecular formula is C21H22N4O2. The Kier molecular flexibility index (Phi) is 4.73. The minimum atomic E-state index is -0.214. The number of hydrogen-bond donors (Lipinski definition) is 2. The van der Waals surface area contributed by atoms with E-state index in [1.54, 1.807) is 24.3 Å². The first-order valence-electron chi connectivity index (χ1n) is 9.21. The molecule has 0 radical (unpaired) electrons. The number of H-pyrrole nitrogens is 1. The molecular weight excluding hydrogens is 340 g/mol. The van der Waals surface area contributed by atoms with E-state index in [-0.39, 0.29) is 5.91 Å². The topological polar surface area (TPSA) is 78.1 Å². The molecule has 27 heavy (non-hydrogen) atoms. The number of carbonyl (C=O) groups excluding carboxylic acids is 2. The second-order valence-electron chi connectivity index (χ2n) is 7.07. The van der Waals surface area contributed by atoms with Crippen LogP contribution < -0.4 is 5.32 Å². The fourth-order valence-electron chi connectivity index (χ4n) is 3.55. The van der Waals surface area contributed by atoms with Crippen LogP contribution in [0.4, 0.5) is 5.69 Å². The summed E-state index contributed by atoms with van der Waals surface area (Å²) in [6, 6.07) is 12.8. The van der Waals surface area contributed by atoms with E-state index in [2.05, 4.69) is 27.1 Å². The first kappa shape index (κ1) is 17.4. The number of likely N-dealkylation sites (tertiary alicyclic amines) is 1. The van der Waals surface area contributed by atoms with Gasteiger partial charge in [-0.2, -0.15) is 0 Å². The van der Waals surface area contributed by atoms with Gasteiger partial charge < -0.3 is 10.3 Å². The highest BCUT2D eigenvalue weighted by atomic mass is 16.1. The summed E-state index contributed by atoms with van der Waals surface area (Å²) in [5.41, 5.74) is 3.55. The molecule has 6 nitrogen and oxygen atoms in total. The number of aromatic amines is 1. The average molecular weight is 362 g/mol. The lowest BCUT2D eigenvalue weighted by Gasteiger charge is -2.19. The van der Waals surface area contributed by atoms with Crippen molar-refractivity contribution in [1.29, 1.82) is 0 Å². The summed E-state index contributed by atoms with van der Waals surface area (Å²) in [6.45, 7) is 4.19. The lowest BCUT2D eigenvalue weighted by molar-refractivity contribution is 0.102. The van der Waals surface area contributed by atoms with E-state index in [1.165, 1.54) is 12.8 Å². The van der Waals surface area contributed by atoms with Gasteiger partial charge in [0.1, 0.15) is 12.1 Å². The van der Waals surface area contributed by atoms with Crippen molar-refractivity contribution in [2.24, 2.45) is 0 Å². The number of nitrogens with one attached hydrogen (secondary N) is 2. The lowest BCUT2D eigenvalue weighted by Crippen LogP contribution is -2.26. The van der Waals surface area contributed by atoms with Gasteiger partial charge in [0.05, 0.1) is 17.6 Å². The summed E-state index contributed by atoms with van der Waals surface area (Å²) < 4.78 is 0. The Hall–Kier alpha value is -2.99. The third kappa shape index (κ3) is 3.75. The van der Waals surface area contributed by atoms with Gasteiger partial charge in [0.15, 0.2) is 0 Å². The highest BCUT2D eigenvalue weighted by Crippen LogP contribution is 2.22. The Balaban J connectivity index is 1.49. The number of aldehydes is 1. The fraction of sp³-hybridized carbons (Fsp3) is 0.286. The number of imidazole rings is 1. The van der Waals surface area contributed by atoms with Crippen molar-refractivity contribution in [2.75, 3.05) is 11.9 Å². The van der Waals surface area contributed by atoms with E-state index in [0.717, 1.165) is 36.2 Å². The molecule has 1 saturated heterocycles. The third-order valence-corrected chi connectivity index (χ3v) is 5.14. The van der Waals surface area contributed by atoms with Crippen molar-refractivity contribution in [3.05, 3.63) is 59.4 Å². The maximum absolute atomic E-state index is 12.4. The van der Waals surface area contributed by atoms with Crippen molar-refractivity contribution in [3.8, 4) is 0 Å². The van der Waals surface area contributed by atoms with E-state index >= 15 is 0 Å². The smallest absolute Gasteiger partial charge is 0.255 e.